The predicted molar refractivity (Wildman–Crippen MR) is 277 cm³/mol. The molecule has 0 aromatic heterocycles. The number of Topliss-reactive ketones (excluding diaryl/α,β-unsaturated/α-hetero) is 1. The zero-order valence-electron chi connectivity index (χ0n) is 44.3. The number of nitrogens with two attached hydrogens (primary N) is 1. The molecule has 0 saturated carbocycles. The lowest BCUT2D eigenvalue weighted by Gasteiger charge is -2.53. The summed E-state index contributed by atoms with van der Waals surface area (Å²) in [5.41, 5.74) is 7.16. The number of carboxylic acid groups (broad SMARTS) is 1. The van der Waals surface area contributed by atoms with E-state index in [9.17, 15) is 34.5 Å². The number of amides is 2. The first-order valence-electron chi connectivity index (χ1n) is 28.6. The van der Waals surface area contributed by atoms with Gasteiger partial charge in [-0.3, -0.25) is 24.9 Å². The monoisotopic (exact) mass is 966 g/mol. The summed E-state index contributed by atoms with van der Waals surface area (Å²) >= 11 is 0. The van der Waals surface area contributed by atoms with Crippen LogP contribution in [-0.2, 0) is 23.9 Å². The number of hydrogen-bond acceptors (Lipinski definition) is 9. The van der Waals surface area contributed by atoms with Crippen molar-refractivity contribution in [2.45, 2.75) is 308 Å². The maximum absolute atomic E-state index is 14.8. The smallest absolute Gasteiger partial charge is 0.303 e. The molecule has 7 N–H and O–H groups in total. The van der Waals surface area contributed by atoms with Crippen LogP contribution in [0.4, 0.5) is 0 Å². The van der Waals surface area contributed by atoms with Gasteiger partial charge in [-0.2, -0.15) is 0 Å². The minimum atomic E-state index is -2.19. The number of carbonyl (C=O) groups excluding carboxylic acids is 3. The van der Waals surface area contributed by atoms with Crippen LogP contribution >= 0.6 is 0 Å². The summed E-state index contributed by atoms with van der Waals surface area (Å²) in [5, 5.41) is 45.1. The number of aliphatic hydroxyl groups is 3. The van der Waals surface area contributed by atoms with Gasteiger partial charge in [-0.05, 0) is 38.0 Å². The van der Waals surface area contributed by atoms with Gasteiger partial charge >= 0.3 is 5.97 Å². The number of unbranched alkanes of at least 4 members (excludes halogenated alkanes) is 32. The highest BCUT2D eigenvalue weighted by molar-refractivity contribution is 5.92. The summed E-state index contributed by atoms with van der Waals surface area (Å²) in [6.07, 6.45) is 35.4. The van der Waals surface area contributed by atoms with Gasteiger partial charge in [0.15, 0.2) is 5.78 Å². The molecule has 0 aliphatic carbocycles. The molecule has 0 radical (unpaired) electrons. The Labute approximate surface area is 415 Å². The lowest BCUT2D eigenvalue weighted by molar-refractivity contribution is -0.292. The second-order valence-electron chi connectivity index (χ2n) is 21.1. The summed E-state index contributed by atoms with van der Waals surface area (Å²) in [6.45, 7) is 7.84. The molecular weight excluding hydrogens is 859 g/mol. The molecule has 68 heavy (non-hydrogen) atoms. The SMILES string of the molecule is CCCCCCCCCCCCCCCCCCN(C(=O)CCCCCCCCCCCCCCCCC)[C@]1(N)O[C@H](CO)[C@@H](O)[C@H](O)[C@H]1C(=O)[C@H](CC(C)C)NC(=O)CCCCCCC(=O)O. The minimum Gasteiger partial charge on any atom is -0.481 e. The molecule has 1 heterocycles. The Balaban J connectivity index is 3.01. The maximum Gasteiger partial charge on any atom is 0.303 e. The van der Waals surface area contributed by atoms with E-state index in [0.717, 1.165) is 44.9 Å². The first kappa shape index (κ1) is 63.9. The summed E-state index contributed by atoms with van der Waals surface area (Å²) in [5.74, 6) is -5.98. The fraction of sp³-hybridized carbons (Fsp3) is 0.929. The van der Waals surface area contributed by atoms with Crippen LogP contribution in [0, 0.1) is 11.8 Å². The number of ether oxygens (including phenoxy) is 1. The van der Waals surface area contributed by atoms with E-state index in [2.05, 4.69) is 19.2 Å². The van der Waals surface area contributed by atoms with Gasteiger partial charge in [-0.25, -0.2) is 0 Å². The zero-order chi connectivity index (χ0) is 50.3. The number of ketones is 1. The highest BCUT2D eigenvalue weighted by atomic mass is 16.6. The molecule has 12 nitrogen and oxygen atoms in total. The van der Waals surface area contributed by atoms with Crippen LogP contribution in [0.15, 0.2) is 0 Å². The van der Waals surface area contributed by atoms with E-state index >= 15 is 0 Å². The minimum absolute atomic E-state index is 0.0443. The van der Waals surface area contributed by atoms with E-state index in [0.29, 0.717) is 38.5 Å². The van der Waals surface area contributed by atoms with Crippen molar-refractivity contribution in [2.75, 3.05) is 13.2 Å². The van der Waals surface area contributed by atoms with Crippen LogP contribution in [-0.4, -0.2) is 92.2 Å². The van der Waals surface area contributed by atoms with Gasteiger partial charge in [0.05, 0.1) is 18.8 Å². The summed E-state index contributed by atoms with van der Waals surface area (Å²) < 4.78 is 6.26. The van der Waals surface area contributed by atoms with Gasteiger partial charge in [-0.15, -0.1) is 0 Å². The lowest BCUT2D eigenvalue weighted by atomic mass is 9.79. The van der Waals surface area contributed by atoms with Crippen LogP contribution < -0.4 is 11.1 Å². The quantitative estimate of drug-likeness (QED) is 0.0252. The van der Waals surface area contributed by atoms with Crippen molar-refractivity contribution in [3.8, 4) is 0 Å². The van der Waals surface area contributed by atoms with Crippen LogP contribution in [0.3, 0.4) is 0 Å². The number of carboxylic acids is 1. The van der Waals surface area contributed by atoms with E-state index in [1.54, 1.807) is 0 Å². The van der Waals surface area contributed by atoms with Crippen LogP contribution in [0.25, 0.3) is 0 Å². The first-order valence-corrected chi connectivity index (χ1v) is 28.6. The molecule has 12 heteroatoms. The molecule has 1 rings (SSSR count). The van der Waals surface area contributed by atoms with Crippen molar-refractivity contribution in [3.63, 3.8) is 0 Å². The van der Waals surface area contributed by atoms with Gasteiger partial charge in [0.1, 0.15) is 18.1 Å². The number of aliphatic hydroxyl groups excluding tert-OH is 3. The Morgan fingerprint density at radius 3 is 1.31 bits per heavy atom. The fourth-order valence-electron chi connectivity index (χ4n) is 10.0. The Kier molecular flexibility index (Phi) is 39.0. The normalized spacial score (nSPS) is 19.9. The predicted octanol–water partition coefficient (Wildman–Crippen LogP) is 12.2. The summed E-state index contributed by atoms with van der Waals surface area (Å²) in [6, 6.07) is -1.08. The highest BCUT2D eigenvalue weighted by Gasteiger charge is 2.59. The molecule has 6 atom stereocenters. The Bertz CT molecular complexity index is 1270. The molecule has 0 aromatic carbocycles. The van der Waals surface area contributed by atoms with Gasteiger partial charge in [0, 0.05) is 25.8 Å². The molecule has 1 fully saturated rings. The van der Waals surface area contributed by atoms with E-state index in [1.165, 1.54) is 146 Å². The second-order valence-corrected chi connectivity index (χ2v) is 21.1. The molecule has 1 aliphatic heterocycles. The lowest BCUT2D eigenvalue weighted by Crippen LogP contribution is -2.76. The van der Waals surface area contributed by atoms with Crippen molar-refractivity contribution in [2.24, 2.45) is 17.6 Å². The van der Waals surface area contributed by atoms with Gasteiger partial charge in [0.25, 0.3) is 0 Å². The first-order chi connectivity index (χ1) is 32.8. The average molecular weight is 966 g/mol. The van der Waals surface area contributed by atoms with Crippen molar-refractivity contribution in [3.05, 3.63) is 0 Å². The molecule has 400 valence electrons. The zero-order valence-corrected chi connectivity index (χ0v) is 44.3. The molecular formula is C56H107N3O9. The third-order valence-corrected chi connectivity index (χ3v) is 14.2. The van der Waals surface area contributed by atoms with E-state index < -0.39 is 54.5 Å². The number of nitrogens with zero attached hydrogens (tertiary/aromatic N) is 1. The average Bonchev–Trinajstić information content (AvgIpc) is 3.30. The van der Waals surface area contributed by atoms with Gasteiger partial charge in [0.2, 0.25) is 17.7 Å². The molecule has 0 unspecified atom stereocenters. The third-order valence-electron chi connectivity index (χ3n) is 14.2. The molecule has 0 aromatic rings. The standard InChI is InChI=1S/C56H107N3O9/c1-5-7-9-11-13-15-17-19-21-23-25-27-29-31-35-39-43-59(50(62)41-37-32-30-28-26-24-22-20-18-16-14-12-10-8-6-2)56(57)52(55(67)54(66)48(45-60)68-56)53(65)47(44-46(3)4)58-49(61)40-36-33-34-38-42-51(63)64/h46-48,52,54-55,60,66-67H,5-45,57H2,1-4H3,(H,58,61)(H,63,64)/t47-,48+,52+,54+,55+,56-/m0/s1. The molecule has 0 spiro atoms. The highest BCUT2D eigenvalue weighted by Crippen LogP contribution is 2.37. The summed E-state index contributed by atoms with van der Waals surface area (Å²) in [4.78, 5) is 54.8. The Morgan fingerprint density at radius 1 is 0.559 bits per heavy atom. The molecule has 2 amide bonds. The number of carbonyl (C=O) groups is 4. The summed E-state index contributed by atoms with van der Waals surface area (Å²) in [7, 11) is 0. The van der Waals surface area contributed by atoms with Crippen molar-refractivity contribution in [1.82, 2.24) is 10.2 Å². The largest absolute Gasteiger partial charge is 0.481 e. The Morgan fingerprint density at radius 2 is 0.926 bits per heavy atom. The molecule has 1 saturated heterocycles. The van der Waals surface area contributed by atoms with E-state index in [4.69, 9.17) is 15.6 Å². The van der Waals surface area contributed by atoms with Crippen LogP contribution in [0.5, 0.6) is 0 Å². The van der Waals surface area contributed by atoms with Crippen molar-refractivity contribution >= 4 is 23.6 Å². The number of rotatable bonds is 47. The van der Waals surface area contributed by atoms with Gasteiger partial charge < -0.3 is 35.4 Å². The second kappa shape index (κ2) is 41.5. The molecule has 1 aliphatic rings. The van der Waals surface area contributed by atoms with Crippen molar-refractivity contribution in [1.29, 1.82) is 0 Å². The van der Waals surface area contributed by atoms with Crippen LogP contribution in [0.2, 0.25) is 0 Å². The van der Waals surface area contributed by atoms with Gasteiger partial charge in [-0.1, -0.05) is 227 Å². The maximum atomic E-state index is 14.8. The Hall–Kier alpha value is -2.12. The third kappa shape index (κ3) is 29.3. The van der Waals surface area contributed by atoms with Crippen LogP contribution in [0.1, 0.15) is 278 Å². The molecule has 0 bridgehead atoms. The topological polar surface area (TPSA) is 200 Å². The van der Waals surface area contributed by atoms with E-state index in [1.807, 2.05) is 13.8 Å². The fourth-order valence-corrected chi connectivity index (χ4v) is 10.0. The number of aliphatic carboxylic acids is 1. The number of hydrogen-bond donors (Lipinski definition) is 6. The number of nitrogens with one attached hydrogen (secondary N) is 1. The van der Waals surface area contributed by atoms with Crippen molar-refractivity contribution < 1.29 is 44.3 Å². The van der Waals surface area contributed by atoms with E-state index in [-0.39, 0.29) is 50.0 Å².